The Bertz CT molecular complexity index is 727. The van der Waals surface area contributed by atoms with Crippen LogP contribution in [0, 0.1) is 0 Å². The zero-order valence-corrected chi connectivity index (χ0v) is 13.4. The van der Waals surface area contributed by atoms with E-state index in [-0.39, 0.29) is 11.5 Å². The summed E-state index contributed by atoms with van der Waals surface area (Å²) in [5.41, 5.74) is 1.30. The molecule has 0 radical (unpaired) electrons. The van der Waals surface area contributed by atoms with Crippen molar-refractivity contribution in [1.82, 2.24) is 9.88 Å². The Hall–Kier alpha value is -3.22. The molecule has 2 rings (SSSR count). The van der Waals surface area contributed by atoms with Crippen molar-refractivity contribution in [1.29, 1.82) is 0 Å². The topological polar surface area (TPSA) is 88.6 Å². The number of ether oxygens (including phenoxy) is 1. The third kappa shape index (κ3) is 4.64. The highest BCUT2D eigenvalue weighted by Crippen LogP contribution is 2.11. The van der Waals surface area contributed by atoms with E-state index in [2.05, 4.69) is 10.3 Å². The molecule has 0 fully saturated rings. The summed E-state index contributed by atoms with van der Waals surface area (Å²) < 4.78 is 4.90. The highest BCUT2D eigenvalue weighted by atomic mass is 16.5. The first-order valence-corrected chi connectivity index (χ1v) is 7.16. The first-order chi connectivity index (χ1) is 11.5. The van der Waals surface area contributed by atoms with Gasteiger partial charge in [0.15, 0.2) is 6.61 Å². The molecule has 124 valence electrons. The number of carbonyl (C=O) groups excluding carboxylic acids is 3. The summed E-state index contributed by atoms with van der Waals surface area (Å²) in [6.07, 6.45) is 2.90. The Labute approximate surface area is 139 Å². The van der Waals surface area contributed by atoms with Crippen LogP contribution in [0.3, 0.4) is 0 Å². The number of anilines is 1. The van der Waals surface area contributed by atoms with E-state index in [1.807, 2.05) is 0 Å². The number of carbonyl (C=O) groups is 3. The molecule has 0 aliphatic rings. The molecule has 1 aromatic carbocycles. The second kappa shape index (κ2) is 7.87. The van der Waals surface area contributed by atoms with Crippen molar-refractivity contribution in [3.8, 4) is 0 Å². The summed E-state index contributed by atoms with van der Waals surface area (Å²) in [5.74, 6) is -1.22. The van der Waals surface area contributed by atoms with Crippen LogP contribution in [0.2, 0.25) is 0 Å². The van der Waals surface area contributed by atoms with Crippen LogP contribution in [-0.2, 0) is 9.53 Å². The lowest BCUT2D eigenvalue weighted by Gasteiger charge is -2.11. The molecule has 0 saturated carbocycles. The summed E-state index contributed by atoms with van der Waals surface area (Å²) in [6.45, 7) is -0.411. The van der Waals surface area contributed by atoms with E-state index in [0.717, 1.165) is 0 Å². The summed E-state index contributed by atoms with van der Waals surface area (Å²) in [6, 6.07) is 9.59. The van der Waals surface area contributed by atoms with Crippen molar-refractivity contribution in [3.05, 3.63) is 59.9 Å². The summed E-state index contributed by atoms with van der Waals surface area (Å²) in [4.78, 5) is 40.5. The van der Waals surface area contributed by atoms with Gasteiger partial charge in [0, 0.05) is 37.7 Å². The molecular formula is C17H17N3O4. The van der Waals surface area contributed by atoms with E-state index in [1.165, 1.54) is 17.3 Å². The molecule has 7 heteroatoms. The van der Waals surface area contributed by atoms with Crippen LogP contribution in [0.4, 0.5) is 5.69 Å². The maximum atomic E-state index is 11.8. The average Bonchev–Trinajstić information content (AvgIpc) is 2.60. The molecule has 24 heavy (non-hydrogen) atoms. The largest absolute Gasteiger partial charge is 0.452 e. The Morgan fingerprint density at radius 3 is 2.38 bits per heavy atom. The number of amides is 2. The number of hydrogen-bond acceptors (Lipinski definition) is 5. The zero-order chi connectivity index (χ0) is 17.5. The Morgan fingerprint density at radius 1 is 1.08 bits per heavy atom. The van der Waals surface area contributed by atoms with Gasteiger partial charge >= 0.3 is 5.97 Å². The highest BCUT2D eigenvalue weighted by Gasteiger charge is 2.11. The van der Waals surface area contributed by atoms with Crippen LogP contribution in [0.1, 0.15) is 20.7 Å². The quantitative estimate of drug-likeness (QED) is 0.842. The molecule has 2 aromatic rings. The molecule has 1 N–H and O–H groups in total. The van der Waals surface area contributed by atoms with Gasteiger partial charge in [0.25, 0.3) is 11.8 Å². The van der Waals surface area contributed by atoms with E-state index < -0.39 is 18.5 Å². The third-order valence-electron chi connectivity index (χ3n) is 3.05. The van der Waals surface area contributed by atoms with Gasteiger partial charge in [-0.3, -0.25) is 14.6 Å². The maximum Gasteiger partial charge on any atom is 0.340 e. The predicted octanol–water partition coefficient (Wildman–Crippen LogP) is 1.58. The van der Waals surface area contributed by atoms with Gasteiger partial charge in [-0.2, -0.15) is 0 Å². The minimum absolute atomic E-state index is 0.127. The van der Waals surface area contributed by atoms with Crippen molar-refractivity contribution in [2.75, 3.05) is 26.0 Å². The molecule has 0 aliphatic carbocycles. The summed E-state index contributed by atoms with van der Waals surface area (Å²) in [7, 11) is 3.32. The van der Waals surface area contributed by atoms with Crippen molar-refractivity contribution in [2.45, 2.75) is 0 Å². The van der Waals surface area contributed by atoms with Gasteiger partial charge in [-0.25, -0.2) is 4.79 Å². The first-order valence-electron chi connectivity index (χ1n) is 7.16. The van der Waals surface area contributed by atoms with Gasteiger partial charge in [0.2, 0.25) is 0 Å². The molecule has 1 heterocycles. The normalized spacial score (nSPS) is 9.92. The fraction of sp³-hybridized carbons (Fsp3) is 0.176. The second-order valence-electron chi connectivity index (χ2n) is 5.14. The van der Waals surface area contributed by atoms with Crippen molar-refractivity contribution < 1.29 is 19.1 Å². The Kier molecular flexibility index (Phi) is 5.62. The number of rotatable bonds is 5. The Balaban J connectivity index is 1.86. The molecule has 0 bridgehead atoms. The summed E-state index contributed by atoms with van der Waals surface area (Å²) >= 11 is 0. The highest BCUT2D eigenvalue weighted by molar-refractivity contribution is 5.97. The van der Waals surface area contributed by atoms with E-state index >= 15 is 0 Å². The molecule has 1 aromatic heterocycles. The van der Waals surface area contributed by atoms with Crippen LogP contribution in [0.5, 0.6) is 0 Å². The van der Waals surface area contributed by atoms with Gasteiger partial charge < -0.3 is 15.0 Å². The van der Waals surface area contributed by atoms with Crippen LogP contribution >= 0.6 is 0 Å². The first kappa shape index (κ1) is 17.1. The summed E-state index contributed by atoms with van der Waals surface area (Å²) in [5, 5.41) is 2.59. The van der Waals surface area contributed by atoms with Gasteiger partial charge in [0.1, 0.15) is 0 Å². The third-order valence-corrected chi connectivity index (χ3v) is 3.05. The fourth-order valence-corrected chi connectivity index (χ4v) is 1.85. The number of esters is 1. The second-order valence-corrected chi connectivity index (χ2v) is 5.14. The minimum atomic E-state index is -0.620. The molecule has 0 unspecified atom stereocenters. The van der Waals surface area contributed by atoms with E-state index in [1.54, 1.807) is 50.5 Å². The van der Waals surface area contributed by atoms with Gasteiger partial charge in [-0.1, -0.05) is 0 Å². The number of hydrogen-bond donors (Lipinski definition) is 1. The number of nitrogens with zero attached hydrogens (tertiary/aromatic N) is 2. The van der Waals surface area contributed by atoms with E-state index in [4.69, 9.17) is 4.74 Å². The van der Waals surface area contributed by atoms with E-state index in [0.29, 0.717) is 11.3 Å². The molecule has 7 nitrogen and oxygen atoms in total. The fourth-order valence-electron chi connectivity index (χ4n) is 1.85. The molecule has 0 spiro atoms. The van der Waals surface area contributed by atoms with Crippen LogP contribution < -0.4 is 5.32 Å². The molecule has 0 aliphatic heterocycles. The monoisotopic (exact) mass is 327 g/mol. The maximum absolute atomic E-state index is 11.8. The molecule has 0 atom stereocenters. The number of benzene rings is 1. The molecule has 0 saturated heterocycles. The number of nitrogens with one attached hydrogen (secondary N) is 1. The minimum Gasteiger partial charge on any atom is -0.452 e. The lowest BCUT2D eigenvalue weighted by Crippen LogP contribution is -2.22. The van der Waals surface area contributed by atoms with Crippen molar-refractivity contribution in [2.24, 2.45) is 0 Å². The predicted molar refractivity (Wildman–Crippen MR) is 87.6 cm³/mol. The number of aromatic nitrogens is 1. The smallest absolute Gasteiger partial charge is 0.340 e. The average molecular weight is 327 g/mol. The number of pyridine rings is 1. The van der Waals surface area contributed by atoms with Crippen LogP contribution in [-0.4, -0.2) is 48.4 Å². The van der Waals surface area contributed by atoms with Gasteiger partial charge in [0.05, 0.1) is 5.56 Å². The SMILES string of the molecule is CN(C)C(=O)c1ccc(NC(=O)COC(=O)c2cccnc2)cc1. The molecule has 2 amide bonds. The Morgan fingerprint density at radius 2 is 1.79 bits per heavy atom. The van der Waals surface area contributed by atoms with Gasteiger partial charge in [-0.15, -0.1) is 0 Å². The van der Waals surface area contributed by atoms with Crippen LogP contribution in [0.25, 0.3) is 0 Å². The van der Waals surface area contributed by atoms with Crippen molar-refractivity contribution >= 4 is 23.5 Å². The van der Waals surface area contributed by atoms with E-state index in [9.17, 15) is 14.4 Å². The standard InChI is InChI=1S/C17H17N3O4/c1-20(2)16(22)12-5-7-14(8-6-12)19-15(21)11-24-17(23)13-4-3-9-18-10-13/h3-10H,11H2,1-2H3,(H,19,21). The molecular weight excluding hydrogens is 310 g/mol. The van der Waals surface area contributed by atoms with Crippen molar-refractivity contribution in [3.63, 3.8) is 0 Å². The lowest BCUT2D eigenvalue weighted by molar-refractivity contribution is -0.119. The van der Waals surface area contributed by atoms with Gasteiger partial charge in [-0.05, 0) is 36.4 Å². The lowest BCUT2D eigenvalue weighted by atomic mass is 10.2. The zero-order valence-electron chi connectivity index (χ0n) is 13.4. The van der Waals surface area contributed by atoms with Crippen LogP contribution in [0.15, 0.2) is 48.8 Å².